The topological polar surface area (TPSA) is 75.4 Å². The molecular weight excluding hydrogens is 230 g/mol. The van der Waals surface area contributed by atoms with Crippen molar-refractivity contribution in [2.75, 3.05) is 19.4 Å². The number of hydrogen-bond acceptors (Lipinski definition) is 3. The number of rotatable bonds is 4. The molecule has 0 aliphatic heterocycles. The normalized spacial score (nSPS) is 11.8. The van der Waals surface area contributed by atoms with E-state index in [0.29, 0.717) is 17.7 Å². The molecular formula is C13H19N3O2. The van der Waals surface area contributed by atoms with E-state index in [-0.39, 0.29) is 11.8 Å². The van der Waals surface area contributed by atoms with Crippen molar-refractivity contribution in [3.05, 3.63) is 29.8 Å². The molecule has 98 valence electrons. The number of carbonyl (C=O) groups is 2. The highest BCUT2D eigenvalue weighted by molar-refractivity contribution is 5.98. The van der Waals surface area contributed by atoms with Gasteiger partial charge in [-0.1, -0.05) is 13.0 Å². The summed E-state index contributed by atoms with van der Waals surface area (Å²) in [7, 11) is 3.36. The van der Waals surface area contributed by atoms with E-state index in [1.807, 2.05) is 6.92 Å². The van der Waals surface area contributed by atoms with E-state index in [4.69, 9.17) is 5.73 Å². The van der Waals surface area contributed by atoms with Crippen LogP contribution < -0.4 is 11.1 Å². The van der Waals surface area contributed by atoms with Crippen LogP contribution in [0.4, 0.5) is 5.69 Å². The predicted octanol–water partition coefficient (Wildman–Crippen LogP) is 1.06. The Hall–Kier alpha value is -1.88. The Bertz CT molecular complexity index is 444. The number of amides is 2. The van der Waals surface area contributed by atoms with Gasteiger partial charge < -0.3 is 16.0 Å². The maximum atomic E-state index is 11.8. The lowest BCUT2D eigenvalue weighted by Crippen LogP contribution is -2.34. The summed E-state index contributed by atoms with van der Waals surface area (Å²) in [5.41, 5.74) is 6.73. The summed E-state index contributed by atoms with van der Waals surface area (Å²) >= 11 is 0. The minimum absolute atomic E-state index is 0.106. The quantitative estimate of drug-likeness (QED) is 0.838. The number of carbonyl (C=O) groups excluding carboxylic acids is 2. The van der Waals surface area contributed by atoms with Gasteiger partial charge in [-0.25, -0.2) is 0 Å². The fourth-order valence-corrected chi connectivity index (χ4v) is 1.41. The highest BCUT2D eigenvalue weighted by Crippen LogP contribution is 2.12. The lowest BCUT2D eigenvalue weighted by Gasteiger charge is -2.13. The summed E-state index contributed by atoms with van der Waals surface area (Å²) in [6, 6.07) is 6.27. The number of anilines is 1. The van der Waals surface area contributed by atoms with Gasteiger partial charge in [-0.2, -0.15) is 0 Å². The molecule has 1 aromatic carbocycles. The third kappa shape index (κ3) is 3.56. The Morgan fingerprint density at radius 1 is 1.39 bits per heavy atom. The summed E-state index contributed by atoms with van der Waals surface area (Å²) < 4.78 is 0. The number of nitrogens with one attached hydrogen (secondary N) is 1. The number of nitrogens with zero attached hydrogens (tertiary/aromatic N) is 1. The number of benzene rings is 1. The van der Waals surface area contributed by atoms with Gasteiger partial charge in [-0.05, 0) is 24.6 Å². The zero-order chi connectivity index (χ0) is 13.7. The van der Waals surface area contributed by atoms with E-state index in [9.17, 15) is 9.59 Å². The van der Waals surface area contributed by atoms with Crippen LogP contribution in [0, 0.1) is 0 Å². The second-order valence-electron chi connectivity index (χ2n) is 4.28. The largest absolute Gasteiger partial charge is 0.345 e. The average Bonchev–Trinajstić information content (AvgIpc) is 2.36. The van der Waals surface area contributed by atoms with Gasteiger partial charge in [-0.15, -0.1) is 0 Å². The van der Waals surface area contributed by atoms with E-state index in [2.05, 4.69) is 5.32 Å². The molecule has 0 saturated carbocycles. The van der Waals surface area contributed by atoms with Gasteiger partial charge in [0.05, 0.1) is 6.04 Å². The monoisotopic (exact) mass is 249 g/mol. The van der Waals surface area contributed by atoms with Crippen molar-refractivity contribution in [2.24, 2.45) is 5.73 Å². The van der Waals surface area contributed by atoms with Crippen LogP contribution in [0.15, 0.2) is 24.3 Å². The number of nitrogens with two attached hydrogens (primary N) is 1. The van der Waals surface area contributed by atoms with Crippen LogP contribution >= 0.6 is 0 Å². The molecule has 0 aliphatic rings. The highest BCUT2D eigenvalue weighted by Gasteiger charge is 2.12. The van der Waals surface area contributed by atoms with Gasteiger partial charge in [0.15, 0.2) is 0 Å². The fourth-order valence-electron chi connectivity index (χ4n) is 1.41. The molecule has 1 aromatic rings. The first-order chi connectivity index (χ1) is 8.45. The minimum atomic E-state index is -0.529. The Morgan fingerprint density at radius 3 is 2.61 bits per heavy atom. The third-order valence-corrected chi connectivity index (χ3v) is 2.56. The Kier molecular flexibility index (Phi) is 4.85. The molecule has 0 spiro atoms. The molecule has 0 bridgehead atoms. The van der Waals surface area contributed by atoms with E-state index in [1.54, 1.807) is 38.4 Å². The summed E-state index contributed by atoms with van der Waals surface area (Å²) in [5, 5.41) is 2.69. The molecule has 5 nitrogen and oxygen atoms in total. The summed E-state index contributed by atoms with van der Waals surface area (Å²) in [5.74, 6) is -0.349. The highest BCUT2D eigenvalue weighted by atomic mass is 16.2. The minimum Gasteiger partial charge on any atom is -0.345 e. The van der Waals surface area contributed by atoms with Crippen molar-refractivity contribution in [1.82, 2.24) is 4.90 Å². The first kappa shape index (κ1) is 14.2. The van der Waals surface area contributed by atoms with Crippen LogP contribution in [0.5, 0.6) is 0 Å². The Morgan fingerprint density at radius 2 is 2.06 bits per heavy atom. The zero-order valence-electron chi connectivity index (χ0n) is 10.9. The van der Waals surface area contributed by atoms with Crippen molar-refractivity contribution in [3.63, 3.8) is 0 Å². The van der Waals surface area contributed by atoms with Crippen molar-refractivity contribution in [3.8, 4) is 0 Å². The molecule has 0 saturated heterocycles. The molecule has 1 rings (SSSR count). The lowest BCUT2D eigenvalue weighted by molar-refractivity contribution is -0.117. The van der Waals surface area contributed by atoms with Crippen LogP contribution in [0.25, 0.3) is 0 Å². The fraction of sp³-hybridized carbons (Fsp3) is 0.385. The first-order valence-corrected chi connectivity index (χ1v) is 5.84. The molecule has 2 amide bonds. The molecule has 1 unspecified atom stereocenters. The van der Waals surface area contributed by atoms with Crippen molar-refractivity contribution in [2.45, 2.75) is 19.4 Å². The molecule has 0 heterocycles. The molecule has 0 aliphatic carbocycles. The SMILES string of the molecule is CCC(N)C(=O)Nc1cccc(C(=O)N(C)C)c1. The molecule has 0 radical (unpaired) electrons. The molecule has 0 fully saturated rings. The molecule has 0 aromatic heterocycles. The molecule has 5 heteroatoms. The van der Waals surface area contributed by atoms with Crippen LogP contribution in [0.3, 0.4) is 0 Å². The van der Waals surface area contributed by atoms with E-state index in [0.717, 1.165) is 0 Å². The van der Waals surface area contributed by atoms with Gasteiger partial charge in [-0.3, -0.25) is 9.59 Å². The smallest absolute Gasteiger partial charge is 0.253 e. The van der Waals surface area contributed by atoms with E-state index in [1.165, 1.54) is 4.90 Å². The van der Waals surface area contributed by atoms with Gasteiger partial charge in [0.2, 0.25) is 5.91 Å². The summed E-state index contributed by atoms with van der Waals surface area (Å²) in [4.78, 5) is 24.9. The van der Waals surface area contributed by atoms with Crippen LogP contribution in [-0.4, -0.2) is 36.9 Å². The van der Waals surface area contributed by atoms with Crippen molar-refractivity contribution in [1.29, 1.82) is 0 Å². The lowest BCUT2D eigenvalue weighted by atomic mass is 10.1. The number of hydrogen-bond donors (Lipinski definition) is 2. The zero-order valence-corrected chi connectivity index (χ0v) is 10.9. The van der Waals surface area contributed by atoms with Crippen LogP contribution in [0.2, 0.25) is 0 Å². The Balaban J connectivity index is 2.83. The summed E-state index contributed by atoms with van der Waals surface area (Å²) in [6.45, 7) is 1.84. The maximum absolute atomic E-state index is 11.8. The van der Waals surface area contributed by atoms with Gasteiger partial charge in [0.25, 0.3) is 5.91 Å². The van der Waals surface area contributed by atoms with Gasteiger partial charge >= 0.3 is 0 Å². The molecule has 3 N–H and O–H groups in total. The molecule has 18 heavy (non-hydrogen) atoms. The van der Waals surface area contributed by atoms with E-state index < -0.39 is 6.04 Å². The van der Waals surface area contributed by atoms with Crippen molar-refractivity contribution >= 4 is 17.5 Å². The summed E-state index contributed by atoms with van der Waals surface area (Å²) in [6.07, 6.45) is 0.572. The standard InChI is InChI=1S/C13H19N3O2/c1-4-11(14)12(17)15-10-7-5-6-9(8-10)13(18)16(2)3/h5-8,11H,4,14H2,1-3H3,(H,15,17). The third-order valence-electron chi connectivity index (χ3n) is 2.56. The average molecular weight is 249 g/mol. The van der Waals surface area contributed by atoms with Gasteiger partial charge in [0, 0.05) is 25.3 Å². The van der Waals surface area contributed by atoms with Crippen LogP contribution in [-0.2, 0) is 4.79 Å². The second kappa shape index (κ2) is 6.16. The van der Waals surface area contributed by atoms with E-state index >= 15 is 0 Å². The van der Waals surface area contributed by atoms with Gasteiger partial charge in [0.1, 0.15) is 0 Å². The Labute approximate surface area is 107 Å². The van der Waals surface area contributed by atoms with Crippen LogP contribution in [0.1, 0.15) is 23.7 Å². The first-order valence-electron chi connectivity index (χ1n) is 5.84. The van der Waals surface area contributed by atoms with Crippen molar-refractivity contribution < 1.29 is 9.59 Å². The predicted molar refractivity (Wildman–Crippen MR) is 71.4 cm³/mol. The molecule has 1 atom stereocenters. The second-order valence-corrected chi connectivity index (χ2v) is 4.28. The maximum Gasteiger partial charge on any atom is 0.253 e.